The number of ether oxygens (including phenoxy) is 1. The zero-order valence-electron chi connectivity index (χ0n) is 10.8. The van der Waals surface area contributed by atoms with Crippen LogP contribution in [0.4, 0.5) is 0 Å². The third-order valence-corrected chi connectivity index (χ3v) is 2.81. The van der Waals surface area contributed by atoms with Gasteiger partial charge in [0.05, 0.1) is 18.7 Å². The minimum absolute atomic E-state index is 0.628. The lowest BCUT2D eigenvalue weighted by atomic mass is 10.1. The molecule has 0 fully saturated rings. The topological polar surface area (TPSA) is 57.9 Å². The van der Waals surface area contributed by atoms with Crippen LogP contribution in [0, 0.1) is 11.3 Å². The molecule has 0 aliphatic heterocycles. The molecule has 0 aliphatic rings. The number of nitrogens with zero attached hydrogens (tertiary/aromatic N) is 2. The molecule has 1 aromatic carbocycles. The zero-order chi connectivity index (χ0) is 13.5. The van der Waals surface area contributed by atoms with Crippen molar-refractivity contribution < 1.29 is 4.74 Å². The van der Waals surface area contributed by atoms with Gasteiger partial charge < -0.3 is 10.1 Å². The molecule has 2 rings (SSSR count). The second-order valence-electron chi connectivity index (χ2n) is 4.04. The van der Waals surface area contributed by atoms with E-state index in [2.05, 4.69) is 16.4 Å². The average Bonchev–Trinajstić information content (AvgIpc) is 2.48. The maximum absolute atomic E-state index is 9.01. The number of methoxy groups -OCH3 is 1. The van der Waals surface area contributed by atoms with E-state index >= 15 is 0 Å². The first-order valence-electron chi connectivity index (χ1n) is 6.01. The van der Waals surface area contributed by atoms with Crippen LogP contribution >= 0.6 is 0 Å². The van der Waals surface area contributed by atoms with Gasteiger partial charge in [-0.3, -0.25) is 0 Å². The number of aromatic nitrogens is 1. The van der Waals surface area contributed by atoms with Gasteiger partial charge in [0.25, 0.3) is 0 Å². The molecule has 96 valence electrons. The molecule has 2 aromatic rings. The summed E-state index contributed by atoms with van der Waals surface area (Å²) < 4.78 is 5.19. The van der Waals surface area contributed by atoms with Gasteiger partial charge in [0, 0.05) is 24.8 Å². The molecule has 0 atom stereocenters. The van der Waals surface area contributed by atoms with E-state index in [0.29, 0.717) is 24.5 Å². The Morgan fingerprint density at radius 2 is 1.89 bits per heavy atom. The molecule has 0 spiro atoms. The lowest BCUT2D eigenvalue weighted by Crippen LogP contribution is -2.14. The van der Waals surface area contributed by atoms with Crippen LogP contribution in [0.1, 0.15) is 16.7 Å². The second-order valence-corrected chi connectivity index (χ2v) is 4.04. The monoisotopic (exact) mass is 253 g/mol. The number of hydrogen-bond acceptors (Lipinski definition) is 4. The van der Waals surface area contributed by atoms with Gasteiger partial charge in [-0.05, 0) is 17.7 Å². The normalized spacial score (nSPS) is 9.89. The number of rotatable bonds is 5. The second kappa shape index (κ2) is 6.53. The molecule has 19 heavy (non-hydrogen) atoms. The van der Waals surface area contributed by atoms with Gasteiger partial charge in [0.1, 0.15) is 0 Å². The standard InChI is InChI=1S/C15H15N3O/c1-19-15-14(7-4-8-18-15)11-17-10-13-6-3-2-5-12(13)9-16/h2-8,17H,10-11H2,1H3. The summed E-state index contributed by atoms with van der Waals surface area (Å²) >= 11 is 0. The molecular formula is C15H15N3O. The van der Waals surface area contributed by atoms with Gasteiger partial charge in [-0.2, -0.15) is 5.26 Å². The van der Waals surface area contributed by atoms with Gasteiger partial charge in [0.2, 0.25) is 5.88 Å². The van der Waals surface area contributed by atoms with E-state index in [1.54, 1.807) is 13.3 Å². The molecule has 0 saturated carbocycles. The van der Waals surface area contributed by atoms with Crippen LogP contribution in [-0.4, -0.2) is 12.1 Å². The van der Waals surface area contributed by atoms with Crippen LogP contribution in [0.2, 0.25) is 0 Å². The molecule has 0 aliphatic carbocycles. The Balaban J connectivity index is 1.99. The Bertz CT molecular complexity index is 590. The summed E-state index contributed by atoms with van der Waals surface area (Å²) in [5.41, 5.74) is 2.69. The number of hydrogen-bond donors (Lipinski definition) is 1. The molecule has 0 saturated heterocycles. The first kappa shape index (κ1) is 13.1. The van der Waals surface area contributed by atoms with Crippen molar-refractivity contribution in [3.05, 3.63) is 59.3 Å². The molecule has 1 N–H and O–H groups in total. The zero-order valence-corrected chi connectivity index (χ0v) is 10.8. The van der Waals surface area contributed by atoms with Crippen molar-refractivity contribution >= 4 is 0 Å². The van der Waals surface area contributed by atoms with Crippen molar-refractivity contribution in [3.63, 3.8) is 0 Å². The van der Waals surface area contributed by atoms with Gasteiger partial charge >= 0.3 is 0 Å². The Morgan fingerprint density at radius 1 is 1.16 bits per heavy atom. The van der Waals surface area contributed by atoms with Crippen molar-refractivity contribution in [2.75, 3.05) is 7.11 Å². The van der Waals surface area contributed by atoms with E-state index in [9.17, 15) is 0 Å². The molecule has 4 nitrogen and oxygen atoms in total. The smallest absolute Gasteiger partial charge is 0.217 e. The molecular weight excluding hydrogens is 238 g/mol. The minimum Gasteiger partial charge on any atom is -0.481 e. The fraction of sp³-hybridized carbons (Fsp3) is 0.200. The fourth-order valence-corrected chi connectivity index (χ4v) is 1.86. The highest BCUT2D eigenvalue weighted by Gasteiger charge is 2.04. The van der Waals surface area contributed by atoms with Crippen molar-refractivity contribution in [3.8, 4) is 11.9 Å². The van der Waals surface area contributed by atoms with Crippen LogP contribution in [0.3, 0.4) is 0 Å². The van der Waals surface area contributed by atoms with E-state index in [-0.39, 0.29) is 0 Å². The van der Waals surface area contributed by atoms with Crippen molar-refractivity contribution in [1.29, 1.82) is 5.26 Å². The Kier molecular flexibility index (Phi) is 4.49. The summed E-state index contributed by atoms with van der Waals surface area (Å²) in [6.45, 7) is 1.29. The van der Waals surface area contributed by atoms with Crippen molar-refractivity contribution in [2.45, 2.75) is 13.1 Å². The molecule has 1 heterocycles. The number of benzene rings is 1. The largest absolute Gasteiger partial charge is 0.481 e. The highest BCUT2D eigenvalue weighted by atomic mass is 16.5. The molecule has 0 amide bonds. The lowest BCUT2D eigenvalue weighted by Gasteiger charge is -2.09. The first-order valence-corrected chi connectivity index (χ1v) is 6.01. The molecule has 0 bridgehead atoms. The number of nitriles is 1. The molecule has 4 heteroatoms. The molecule has 0 radical (unpaired) electrons. The van der Waals surface area contributed by atoms with E-state index in [1.165, 1.54) is 0 Å². The molecule has 0 unspecified atom stereocenters. The van der Waals surface area contributed by atoms with E-state index < -0.39 is 0 Å². The van der Waals surface area contributed by atoms with E-state index in [1.807, 2.05) is 36.4 Å². The summed E-state index contributed by atoms with van der Waals surface area (Å²) in [6.07, 6.45) is 1.70. The van der Waals surface area contributed by atoms with Crippen LogP contribution in [0.5, 0.6) is 5.88 Å². The Hall–Kier alpha value is -2.38. The van der Waals surface area contributed by atoms with Crippen LogP contribution in [0.25, 0.3) is 0 Å². The van der Waals surface area contributed by atoms with Crippen molar-refractivity contribution in [2.24, 2.45) is 0 Å². The summed E-state index contributed by atoms with van der Waals surface area (Å²) in [5, 5.41) is 12.3. The van der Waals surface area contributed by atoms with Gasteiger partial charge in [-0.25, -0.2) is 4.98 Å². The van der Waals surface area contributed by atoms with E-state index in [0.717, 1.165) is 11.1 Å². The average molecular weight is 253 g/mol. The highest BCUT2D eigenvalue weighted by molar-refractivity contribution is 5.37. The van der Waals surface area contributed by atoms with Gasteiger partial charge in [-0.1, -0.05) is 24.3 Å². The van der Waals surface area contributed by atoms with Crippen LogP contribution < -0.4 is 10.1 Å². The summed E-state index contributed by atoms with van der Waals surface area (Å²) in [6, 6.07) is 13.6. The molecule has 1 aromatic heterocycles. The van der Waals surface area contributed by atoms with Crippen molar-refractivity contribution in [1.82, 2.24) is 10.3 Å². The quantitative estimate of drug-likeness (QED) is 0.888. The summed E-state index contributed by atoms with van der Waals surface area (Å²) in [5.74, 6) is 0.628. The number of pyridine rings is 1. The van der Waals surface area contributed by atoms with Gasteiger partial charge in [0.15, 0.2) is 0 Å². The van der Waals surface area contributed by atoms with Crippen LogP contribution in [0.15, 0.2) is 42.6 Å². The lowest BCUT2D eigenvalue weighted by molar-refractivity contribution is 0.390. The summed E-state index contributed by atoms with van der Waals surface area (Å²) in [7, 11) is 1.61. The third-order valence-electron chi connectivity index (χ3n) is 2.81. The number of nitrogens with one attached hydrogen (secondary N) is 1. The summed E-state index contributed by atoms with van der Waals surface area (Å²) in [4.78, 5) is 4.14. The predicted molar refractivity (Wildman–Crippen MR) is 72.5 cm³/mol. The first-order chi connectivity index (χ1) is 9.35. The Labute approximate surface area is 112 Å². The maximum Gasteiger partial charge on any atom is 0.217 e. The Morgan fingerprint density at radius 3 is 2.68 bits per heavy atom. The SMILES string of the molecule is COc1ncccc1CNCc1ccccc1C#N. The third kappa shape index (κ3) is 3.30. The highest BCUT2D eigenvalue weighted by Crippen LogP contribution is 2.13. The minimum atomic E-state index is 0.628. The fourth-order valence-electron chi connectivity index (χ4n) is 1.86. The van der Waals surface area contributed by atoms with Crippen LogP contribution in [-0.2, 0) is 13.1 Å². The predicted octanol–water partition coefficient (Wildman–Crippen LogP) is 2.25. The maximum atomic E-state index is 9.01. The van der Waals surface area contributed by atoms with E-state index in [4.69, 9.17) is 10.00 Å². The van der Waals surface area contributed by atoms with Gasteiger partial charge in [-0.15, -0.1) is 0 Å².